The Morgan fingerprint density at radius 2 is 0.653 bits per heavy atom. The summed E-state index contributed by atoms with van der Waals surface area (Å²) in [7, 11) is 0. The summed E-state index contributed by atoms with van der Waals surface area (Å²) < 4.78 is 10.7. The van der Waals surface area contributed by atoms with Gasteiger partial charge in [0.2, 0.25) is 5.91 Å². The van der Waals surface area contributed by atoms with Gasteiger partial charge in [-0.3, -0.25) is 14.4 Å². The molecule has 0 aliphatic heterocycles. The summed E-state index contributed by atoms with van der Waals surface area (Å²) in [4.78, 5) is 38.1. The van der Waals surface area contributed by atoms with E-state index in [1.54, 1.807) is 0 Å². The van der Waals surface area contributed by atoms with Gasteiger partial charge in [-0.05, 0) is 12.8 Å². The van der Waals surface area contributed by atoms with Crippen molar-refractivity contribution in [1.29, 1.82) is 0 Å². The second-order valence-corrected chi connectivity index (χ2v) is 14.4. The van der Waals surface area contributed by atoms with Gasteiger partial charge in [0.1, 0.15) is 13.2 Å². The zero-order valence-corrected chi connectivity index (χ0v) is 32.7. The summed E-state index contributed by atoms with van der Waals surface area (Å²) in [6.07, 6.45) is 39.6. The predicted octanol–water partition coefficient (Wildman–Crippen LogP) is 11.4. The average Bonchev–Trinajstić information content (AvgIpc) is 3.10. The van der Waals surface area contributed by atoms with Crippen molar-refractivity contribution < 1.29 is 23.9 Å². The molecule has 0 unspecified atom stereocenters. The Morgan fingerprint density at radius 1 is 0.408 bits per heavy atom. The molecule has 0 spiro atoms. The molecule has 0 rings (SSSR count). The molecule has 0 atom stereocenters. The molecule has 0 aromatic carbocycles. The molecule has 2 N–H and O–H groups in total. The van der Waals surface area contributed by atoms with Crippen molar-refractivity contribution in [1.82, 2.24) is 4.90 Å². The first-order chi connectivity index (χ1) is 24.0. The maximum absolute atomic E-state index is 12.2. The number of carbonyl (C=O) groups is 3. The quantitative estimate of drug-likeness (QED) is 0.0508. The lowest BCUT2D eigenvalue weighted by atomic mass is 10.0. The molecule has 290 valence electrons. The maximum atomic E-state index is 12.2. The second-order valence-electron chi connectivity index (χ2n) is 14.4. The first kappa shape index (κ1) is 47.4. The molecule has 0 aromatic rings. The summed E-state index contributed by atoms with van der Waals surface area (Å²) in [5, 5.41) is 0. The van der Waals surface area contributed by atoms with Gasteiger partial charge >= 0.3 is 11.9 Å². The minimum atomic E-state index is -0.239. The molecule has 7 heteroatoms. The zero-order valence-electron chi connectivity index (χ0n) is 32.7. The van der Waals surface area contributed by atoms with Gasteiger partial charge < -0.3 is 20.1 Å². The van der Waals surface area contributed by atoms with Crippen molar-refractivity contribution in [3.8, 4) is 0 Å². The van der Waals surface area contributed by atoms with Gasteiger partial charge in [-0.2, -0.15) is 0 Å². The summed E-state index contributed by atoms with van der Waals surface area (Å²) in [6, 6.07) is 0. The van der Waals surface area contributed by atoms with Crippen LogP contribution < -0.4 is 5.73 Å². The van der Waals surface area contributed by atoms with E-state index in [2.05, 4.69) is 13.8 Å². The van der Waals surface area contributed by atoms with Crippen LogP contribution in [0.2, 0.25) is 0 Å². The van der Waals surface area contributed by atoms with Crippen LogP contribution in [-0.2, 0) is 23.9 Å². The molecular weight excluding hydrogens is 612 g/mol. The number of rotatable bonds is 39. The largest absolute Gasteiger partial charge is 0.464 e. The van der Waals surface area contributed by atoms with E-state index in [-0.39, 0.29) is 50.7 Å². The van der Waals surface area contributed by atoms with Crippen molar-refractivity contribution in [2.45, 2.75) is 219 Å². The van der Waals surface area contributed by atoms with E-state index in [1.807, 2.05) is 0 Å². The third-order valence-corrected chi connectivity index (χ3v) is 9.74. The maximum Gasteiger partial charge on any atom is 0.305 e. The van der Waals surface area contributed by atoms with Gasteiger partial charge in [0.05, 0.1) is 19.6 Å². The summed E-state index contributed by atoms with van der Waals surface area (Å²) in [5.41, 5.74) is 5.57. The van der Waals surface area contributed by atoms with Crippen LogP contribution in [0.3, 0.4) is 0 Å². The van der Waals surface area contributed by atoms with Gasteiger partial charge in [-0.15, -0.1) is 0 Å². The second kappa shape index (κ2) is 39.2. The normalized spacial score (nSPS) is 11.2. The molecular formula is C42H82N2O5. The molecule has 49 heavy (non-hydrogen) atoms. The van der Waals surface area contributed by atoms with Crippen molar-refractivity contribution in [2.24, 2.45) is 5.73 Å². The predicted molar refractivity (Wildman–Crippen MR) is 207 cm³/mol. The number of amides is 1. The van der Waals surface area contributed by atoms with Gasteiger partial charge in [-0.1, -0.05) is 194 Å². The molecule has 0 aliphatic rings. The number of hydrogen-bond acceptors (Lipinski definition) is 6. The van der Waals surface area contributed by atoms with Gasteiger partial charge in [0.25, 0.3) is 0 Å². The fourth-order valence-corrected chi connectivity index (χ4v) is 6.46. The van der Waals surface area contributed by atoms with E-state index in [0.717, 1.165) is 25.7 Å². The van der Waals surface area contributed by atoms with E-state index in [0.29, 0.717) is 12.8 Å². The van der Waals surface area contributed by atoms with Crippen LogP contribution in [0, 0.1) is 0 Å². The standard InChI is InChI=1S/C42H82N2O5/c1-3-5-7-9-11-13-15-17-19-21-23-25-27-29-31-33-41(46)48-37-35-44(40(45)39-43)36-38-49-42(47)34-32-30-28-26-24-22-20-18-16-14-12-10-8-6-4-2/h3-39,43H2,1-2H3. The molecule has 0 aromatic heterocycles. The van der Waals surface area contributed by atoms with E-state index >= 15 is 0 Å². The van der Waals surface area contributed by atoms with E-state index in [9.17, 15) is 14.4 Å². The van der Waals surface area contributed by atoms with Gasteiger partial charge in [-0.25, -0.2) is 0 Å². The van der Waals surface area contributed by atoms with Crippen molar-refractivity contribution in [3.63, 3.8) is 0 Å². The molecule has 7 nitrogen and oxygen atoms in total. The number of nitrogens with zero attached hydrogens (tertiary/aromatic N) is 1. The van der Waals surface area contributed by atoms with Crippen molar-refractivity contribution in [3.05, 3.63) is 0 Å². The van der Waals surface area contributed by atoms with E-state index in [4.69, 9.17) is 15.2 Å². The first-order valence-corrected chi connectivity index (χ1v) is 21.3. The topological polar surface area (TPSA) is 98.9 Å². The van der Waals surface area contributed by atoms with Crippen LogP contribution in [0.15, 0.2) is 0 Å². The number of ether oxygens (including phenoxy) is 2. The van der Waals surface area contributed by atoms with E-state index < -0.39 is 0 Å². The lowest BCUT2D eigenvalue weighted by molar-refractivity contribution is -0.147. The molecule has 0 heterocycles. The van der Waals surface area contributed by atoms with Gasteiger partial charge in [0.15, 0.2) is 0 Å². The monoisotopic (exact) mass is 695 g/mol. The fourth-order valence-electron chi connectivity index (χ4n) is 6.46. The highest BCUT2D eigenvalue weighted by molar-refractivity contribution is 5.78. The molecule has 0 saturated carbocycles. The first-order valence-electron chi connectivity index (χ1n) is 21.3. The highest BCUT2D eigenvalue weighted by Crippen LogP contribution is 2.15. The number of esters is 2. The Bertz CT molecular complexity index is 680. The third kappa shape index (κ3) is 36.0. The fraction of sp³-hybridized carbons (Fsp3) is 0.929. The Labute approximate surface area is 304 Å². The molecule has 0 radical (unpaired) electrons. The number of hydrogen-bond donors (Lipinski definition) is 1. The van der Waals surface area contributed by atoms with Gasteiger partial charge in [0, 0.05) is 12.8 Å². The summed E-state index contributed by atoms with van der Waals surface area (Å²) in [6.45, 7) is 5.21. The molecule has 0 saturated heterocycles. The summed E-state index contributed by atoms with van der Waals surface area (Å²) in [5.74, 6) is -0.675. The van der Waals surface area contributed by atoms with Crippen LogP contribution in [0.4, 0.5) is 0 Å². The smallest absolute Gasteiger partial charge is 0.305 e. The minimum Gasteiger partial charge on any atom is -0.464 e. The number of unbranched alkanes of at least 4 members (excludes halogenated alkanes) is 28. The van der Waals surface area contributed by atoms with E-state index in [1.165, 1.54) is 172 Å². The Morgan fingerprint density at radius 3 is 0.898 bits per heavy atom. The average molecular weight is 695 g/mol. The SMILES string of the molecule is CCCCCCCCCCCCCCCCCC(=O)OCCN(CCOC(=O)CCCCCCCCCCCCCCCCC)C(=O)CN. The molecule has 0 bridgehead atoms. The molecule has 0 aliphatic carbocycles. The van der Waals surface area contributed by atoms with Crippen LogP contribution in [-0.4, -0.2) is 55.6 Å². The number of carbonyl (C=O) groups excluding carboxylic acids is 3. The molecule has 1 amide bonds. The Kier molecular flexibility index (Phi) is 37.9. The number of nitrogens with two attached hydrogens (primary N) is 1. The highest BCUT2D eigenvalue weighted by Gasteiger charge is 2.14. The van der Waals surface area contributed by atoms with Crippen LogP contribution >= 0.6 is 0 Å². The molecule has 0 fully saturated rings. The van der Waals surface area contributed by atoms with Crippen LogP contribution in [0.5, 0.6) is 0 Å². The Balaban J connectivity index is 3.67. The highest BCUT2D eigenvalue weighted by atomic mass is 16.5. The van der Waals surface area contributed by atoms with Crippen molar-refractivity contribution in [2.75, 3.05) is 32.8 Å². The zero-order chi connectivity index (χ0) is 35.9. The minimum absolute atomic E-state index is 0.125. The third-order valence-electron chi connectivity index (χ3n) is 9.74. The van der Waals surface area contributed by atoms with Crippen molar-refractivity contribution >= 4 is 17.8 Å². The van der Waals surface area contributed by atoms with Crippen LogP contribution in [0.1, 0.15) is 219 Å². The van der Waals surface area contributed by atoms with Crippen LogP contribution in [0.25, 0.3) is 0 Å². The Hall–Kier alpha value is -1.63. The summed E-state index contributed by atoms with van der Waals surface area (Å²) >= 11 is 0. The lowest BCUT2D eigenvalue weighted by Crippen LogP contribution is -2.40. The lowest BCUT2D eigenvalue weighted by Gasteiger charge is -2.21.